The van der Waals surface area contributed by atoms with Gasteiger partial charge in [-0.2, -0.15) is 0 Å². The minimum atomic E-state index is -0.212. The standard InChI is InChI=1S/C31H36N6O3/c1-3-15-36(25-8-9-28-24(19-25)11-18-37(28)31(40)32-2)26-10-14-33-29(20-26)34-30(39)23-6-4-22(5-7-23)21-35-16-12-27(38)13-17-35/h4-11,14,18-20,27,38H,3,12-13,15-17,21H2,1-2H3,(H,32,40)(H,33,34,39). The summed E-state index contributed by atoms with van der Waals surface area (Å²) in [4.78, 5) is 34.1. The van der Waals surface area contributed by atoms with Crippen LogP contribution >= 0.6 is 0 Å². The molecule has 3 N–H and O–H groups in total. The second-order valence-electron chi connectivity index (χ2n) is 10.2. The average Bonchev–Trinajstić information content (AvgIpc) is 3.40. The minimum absolute atomic E-state index is 0.181. The Morgan fingerprint density at radius 1 is 1.02 bits per heavy atom. The third-order valence-corrected chi connectivity index (χ3v) is 7.34. The molecule has 0 spiro atoms. The SMILES string of the molecule is CCCN(c1ccnc(NC(=O)c2ccc(CN3CCC(O)CC3)cc2)c1)c1ccc2c(ccn2C(=O)NC)c1. The highest BCUT2D eigenvalue weighted by Gasteiger charge is 2.18. The van der Waals surface area contributed by atoms with Crippen LogP contribution in [0.5, 0.6) is 0 Å². The summed E-state index contributed by atoms with van der Waals surface area (Å²) in [6.07, 6.45) is 5.82. The topological polar surface area (TPSA) is 103 Å². The third kappa shape index (κ3) is 6.16. The fraction of sp³-hybridized carbons (Fsp3) is 0.323. The summed E-state index contributed by atoms with van der Waals surface area (Å²) in [7, 11) is 1.62. The Labute approximate surface area is 234 Å². The molecule has 0 unspecified atom stereocenters. The molecule has 1 aliphatic rings. The minimum Gasteiger partial charge on any atom is -0.393 e. The van der Waals surface area contributed by atoms with Crippen LogP contribution < -0.4 is 15.5 Å². The number of aliphatic hydroxyl groups is 1. The predicted octanol–water partition coefficient (Wildman–Crippen LogP) is 4.98. The summed E-state index contributed by atoms with van der Waals surface area (Å²) in [5, 5.41) is 16.3. The number of amides is 2. The fourth-order valence-corrected chi connectivity index (χ4v) is 5.17. The van der Waals surface area contributed by atoms with Crippen molar-refractivity contribution in [1.29, 1.82) is 0 Å². The Bertz CT molecular complexity index is 1470. The quantitative estimate of drug-likeness (QED) is 0.291. The molecule has 4 aromatic rings. The van der Waals surface area contributed by atoms with Crippen molar-refractivity contribution in [3.05, 3.63) is 84.2 Å². The van der Waals surface area contributed by atoms with Gasteiger partial charge in [-0.3, -0.25) is 14.3 Å². The zero-order chi connectivity index (χ0) is 28.1. The van der Waals surface area contributed by atoms with Gasteiger partial charge in [-0.15, -0.1) is 0 Å². The number of aliphatic hydroxyl groups excluding tert-OH is 1. The summed E-state index contributed by atoms with van der Waals surface area (Å²) in [6, 6.07) is 19.2. The molecule has 0 atom stereocenters. The number of hydrogen-bond donors (Lipinski definition) is 3. The zero-order valence-electron chi connectivity index (χ0n) is 23.0. The molecule has 0 radical (unpaired) electrons. The molecular formula is C31H36N6O3. The van der Waals surface area contributed by atoms with E-state index in [2.05, 4.69) is 38.4 Å². The molecule has 9 nitrogen and oxygen atoms in total. The van der Waals surface area contributed by atoms with E-state index in [4.69, 9.17) is 0 Å². The number of pyridine rings is 1. The molecule has 9 heteroatoms. The number of nitrogens with one attached hydrogen (secondary N) is 2. The van der Waals surface area contributed by atoms with Crippen molar-refractivity contribution in [3.63, 3.8) is 0 Å². The maximum absolute atomic E-state index is 13.0. The lowest BCUT2D eigenvalue weighted by molar-refractivity contribution is 0.0792. The molecule has 0 bridgehead atoms. The average molecular weight is 541 g/mol. The van der Waals surface area contributed by atoms with E-state index in [1.165, 1.54) is 0 Å². The Hall–Kier alpha value is -4.21. The maximum atomic E-state index is 13.0. The molecule has 3 heterocycles. The van der Waals surface area contributed by atoms with E-state index < -0.39 is 0 Å². The van der Waals surface area contributed by atoms with E-state index in [-0.39, 0.29) is 18.0 Å². The first-order valence-corrected chi connectivity index (χ1v) is 13.8. The van der Waals surface area contributed by atoms with E-state index in [1.807, 2.05) is 54.6 Å². The third-order valence-electron chi connectivity index (χ3n) is 7.34. The highest BCUT2D eigenvalue weighted by atomic mass is 16.3. The van der Waals surface area contributed by atoms with Gasteiger partial charge in [0.2, 0.25) is 0 Å². The number of fused-ring (bicyclic) bond motifs is 1. The lowest BCUT2D eigenvalue weighted by atomic mass is 10.1. The number of likely N-dealkylation sites (tertiary alicyclic amines) is 1. The first-order chi connectivity index (χ1) is 19.4. The van der Waals surface area contributed by atoms with Gasteiger partial charge in [-0.25, -0.2) is 9.78 Å². The van der Waals surface area contributed by atoms with Crippen molar-refractivity contribution >= 4 is 40.0 Å². The lowest BCUT2D eigenvalue weighted by Gasteiger charge is -2.29. The van der Waals surface area contributed by atoms with Gasteiger partial charge in [0.15, 0.2) is 0 Å². The van der Waals surface area contributed by atoms with Gasteiger partial charge in [-0.1, -0.05) is 19.1 Å². The van der Waals surface area contributed by atoms with E-state index in [0.29, 0.717) is 11.4 Å². The monoisotopic (exact) mass is 540 g/mol. The largest absolute Gasteiger partial charge is 0.393 e. The highest BCUT2D eigenvalue weighted by molar-refractivity contribution is 6.04. The first-order valence-electron chi connectivity index (χ1n) is 13.8. The van der Waals surface area contributed by atoms with Gasteiger partial charge in [0.25, 0.3) is 5.91 Å². The molecule has 40 heavy (non-hydrogen) atoms. The van der Waals surface area contributed by atoms with E-state index in [9.17, 15) is 14.7 Å². The second kappa shape index (κ2) is 12.3. The zero-order valence-corrected chi connectivity index (χ0v) is 23.0. The van der Waals surface area contributed by atoms with Crippen LogP contribution in [0, 0.1) is 0 Å². The Kier molecular flexibility index (Phi) is 8.42. The van der Waals surface area contributed by atoms with Crippen LogP contribution in [0.1, 0.15) is 42.1 Å². The number of hydrogen-bond acceptors (Lipinski definition) is 6. The normalized spacial score (nSPS) is 14.3. The fourth-order valence-electron chi connectivity index (χ4n) is 5.17. The Morgan fingerprint density at radius 3 is 2.50 bits per heavy atom. The Balaban J connectivity index is 1.29. The summed E-state index contributed by atoms with van der Waals surface area (Å²) in [6.45, 7) is 5.48. The first kappa shape index (κ1) is 27.4. The van der Waals surface area contributed by atoms with Crippen molar-refractivity contribution in [2.24, 2.45) is 0 Å². The highest BCUT2D eigenvalue weighted by Crippen LogP contribution is 2.30. The molecule has 0 aliphatic carbocycles. The van der Waals surface area contributed by atoms with Crippen LogP contribution in [0.25, 0.3) is 10.9 Å². The molecule has 5 rings (SSSR count). The molecular weight excluding hydrogens is 504 g/mol. The summed E-state index contributed by atoms with van der Waals surface area (Å²) in [5.74, 6) is 0.266. The van der Waals surface area contributed by atoms with Crippen molar-refractivity contribution in [3.8, 4) is 0 Å². The number of piperidine rings is 1. The van der Waals surface area contributed by atoms with Crippen LogP contribution in [0.15, 0.2) is 73.1 Å². The molecule has 1 fully saturated rings. The summed E-state index contributed by atoms with van der Waals surface area (Å²) >= 11 is 0. The summed E-state index contributed by atoms with van der Waals surface area (Å²) < 4.78 is 1.59. The molecule has 2 amide bonds. The molecule has 208 valence electrons. The number of nitrogens with zero attached hydrogens (tertiary/aromatic N) is 4. The molecule has 2 aromatic heterocycles. The smallest absolute Gasteiger partial charge is 0.325 e. The van der Waals surface area contributed by atoms with E-state index in [1.54, 1.807) is 24.0 Å². The van der Waals surface area contributed by atoms with Crippen LogP contribution in [-0.2, 0) is 6.54 Å². The van der Waals surface area contributed by atoms with Crippen LogP contribution in [0.2, 0.25) is 0 Å². The Morgan fingerprint density at radius 2 is 1.77 bits per heavy atom. The van der Waals surface area contributed by atoms with Crippen LogP contribution in [-0.4, -0.2) is 64.3 Å². The van der Waals surface area contributed by atoms with Gasteiger partial charge >= 0.3 is 6.03 Å². The van der Waals surface area contributed by atoms with Gasteiger partial charge in [0.05, 0.1) is 11.6 Å². The van der Waals surface area contributed by atoms with Crippen LogP contribution in [0.4, 0.5) is 22.0 Å². The van der Waals surface area contributed by atoms with Gasteiger partial charge in [0, 0.05) is 74.0 Å². The molecule has 0 saturated carbocycles. The van der Waals surface area contributed by atoms with E-state index in [0.717, 1.165) is 73.3 Å². The molecule has 1 aliphatic heterocycles. The second-order valence-corrected chi connectivity index (χ2v) is 10.2. The van der Waals surface area contributed by atoms with Crippen molar-refractivity contribution in [2.75, 3.05) is 36.9 Å². The van der Waals surface area contributed by atoms with Crippen molar-refractivity contribution in [1.82, 2.24) is 19.8 Å². The van der Waals surface area contributed by atoms with Gasteiger partial charge in [0.1, 0.15) is 5.82 Å². The van der Waals surface area contributed by atoms with Gasteiger partial charge < -0.3 is 20.6 Å². The lowest BCUT2D eigenvalue weighted by Crippen LogP contribution is -2.35. The van der Waals surface area contributed by atoms with E-state index >= 15 is 0 Å². The number of rotatable bonds is 8. The maximum Gasteiger partial charge on any atom is 0.325 e. The summed E-state index contributed by atoms with van der Waals surface area (Å²) in [5.41, 5.74) is 4.46. The number of benzene rings is 2. The van der Waals surface area contributed by atoms with Crippen LogP contribution in [0.3, 0.4) is 0 Å². The number of carbonyl (C=O) groups is 2. The van der Waals surface area contributed by atoms with Gasteiger partial charge in [-0.05, 0) is 67.3 Å². The van der Waals surface area contributed by atoms with Crippen molar-refractivity contribution < 1.29 is 14.7 Å². The number of carbonyl (C=O) groups excluding carboxylic acids is 2. The number of anilines is 3. The van der Waals surface area contributed by atoms with Crippen molar-refractivity contribution in [2.45, 2.75) is 38.8 Å². The molecule has 2 aromatic carbocycles. The number of aromatic nitrogens is 2. The predicted molar refractivity (Wildman–Crippen MR) is 158 cm³/mol. The molecule has 1 saturated heterocycles.